The first-order valence-corrected chi connectivity index (χ1v) is 6.62. The predicted octanol–water partition coefficient (Wildman–Crippen LogP) is 3.57. The molecule has 0 atom stereocenters. The van der Waals surface area contributed by atoms with Gasteiger partial charge in [-0.05, 0) is 56.9 Å². The van der Waals surface area contributed by atoms with E-state index in [-0.39, 0.29) is 11.6 Å². The first-order valence-electron chi connectivity index (χ1n) is 6.62. The van der Waals surface area contributed by atoms with Crippen LogP contribution < -0.4 is 5.56 Å². The van der Waals surface area contributed by atoms with Gasteiger partial charge >= 0.3 is 0 Å². The van der Waals surface area contributed by atoms with E-state index < -0.39 is 5.56 Å². The van der Waals surface area contributed by atoms with Gasteiger partial charge in [-0.3, -0.25) is 9.78 Å². The minimum Gasteiger partial charge on any atom is -0.494 e. The molecule has 5 nitrogen and oxygen atoms in total. The van der Waals surface area contributed by atoms with Gasteiger partial charge in [-0.15, -0.1) is 5.11 Å². The highest BCUT2D eigenvalue weighted by molar-refractivity contribution is 6.00. The van der Waals surface area contributed by atoms with E-state index in [0.717, 1.165) is 22.3 Å². The van der Waals surface area contributed by atoms with Crippen LogP contribution in [0.4, 0.5) is 5.69 Å². The van der Waals surface area contributed by atoms with E-state index in [1.165, 1.54) is 0 Å². The summed E-state index contributed by atoms with van der Waals surface area (Å²) < 4.78 is 0. The number of aryl methyl sites for hydroxylation is 2. The number of azo groups is 1. The highest BCUT2D eigenvalue weighted by Gasteiger charge is 2.18. The summed E-state index contributed by atoms with van der Waals surface area (Å²) in [5, 5.41) is 19.4. The first kappa shape index (κ1) is 14.2. The zero-order chi connectivity index (χ0) is 15.0. The molecule has 0 fully saturated rings. The van der Waals surface area contributed by atoms with E-state index in [4.69, 9.17) is 0 Å². The number of H-pyrrole nitrogens is 1. The summed E-state index contributed by atoms with van der Waals surface area (Å²) in [5.74, 6) is -0.107. The Kier molecular flexibility index (Phi) is 3.61. The Morgan fingerprint density at radius 1 is 1.00 bits per heavy atom. The molecular weight excluding hydrogens is 254 g/mol. The second kappa shape index (κ2) is 5.07. The summed E-state index contributed by atoms with van der Waals surface area (Å²) >= 11 is 0. The molecule has 1 aromatic heterocycles. The van der Waals surface area contributed by atoms with Gasteiger partial charge in [-0.1, -0.05) is 0 Å². The molecule has 20 heavy (non-hydrogen) atoms. The number of rotatable bonds is 2. The average Bonchev–Trinajstić information content (AvgIpc) is 2.41. The molecule has 2 aromatic rings. The van der Waals surface area contributed by atoms with Crippen LogP contribution >= 0.6 is 0 Å². The first-order chi connectivity index (χ1) is 9.40. The highest BCUT2D eigenvalue weighted by Crippen LogP contribution is 2.37. The molecule has 0 saturated carbocycles. The van der Waals surface area contributed by atoms with Crippen LogP contribution in [0.2, 0.25) is 0 Å². The van der Waals surface area contributed by atoms with Crippen LogP contribution in [0.5, 0.6) is 5.88 Å². The maximum atomic E-state index is 12.1. The van der Waals surface area contributed by atoms with E-state index in [9.17, 15) is 9.90 Å². The second-order valence-corrected chi connectivity index (χ2v) is 4.96. The van der Waals surface area contributed by atoms with Gasteiger partial charge in [0, 0.05) is 10.8 Å². The number of nitrogens with one attached hydrogen (secondary N) is 1. The molecule has 1 aromatic carbocycles. The summed E-state index contributed by atoms with van der Waals surface area (Å²) in [6.45, 7) is 10.3. The summed E-state index contributed by atoms with van der Waals surface area (Å²) in [4.78, 5) is 14.5. The number of pyridine rings is 1. The molecule has 0 aliphatic carbocycles. The lowest BCUT2D eigenvalue weighted by molar-refractivity contribution is 0.458. The quantitative estimate of drug-likeness (QED) is 0.820. The van der Waals surface area contributed by atoms with E-state index in [0.29, 0.717) is 17.3 Å². The number of hydrogen-bond acceptors (Lipinski definition) is 4. The Labute approximate surface area is 117 Å². The molecule has 2 N–H and O–H groups in total. The third-order valence-electron chi connectivity index (χ3n) is 3.92. The smallest absolute Gasteiger partial charge is 0.279 e. The second-order valence-electron chi connectivity index (χ2n) is 4.96. The normalized spacial score (nSPS) is 11.7. The summed E-state index contributed by atoms with van der Waals surface area (Å²) in [7, 11) is 0. The van der Waals surface area contributed by atoms with Crippen LogP contribution in [0, 0.1) is 27.7 Å². The Hall–Kier alpha value is -2.17. The van der Waals surface area contributed by atoms with Crippen LogP contribution in [0.15, 0.2) is 15.0 Å². The van der Waals surface area contributed by atoms with Gasteiger partial charge in [0.2, 0.25) is 0 Å². The summed E-state index contributed by atoms with van der Waals surface area (Å²) in [6, 6.07) is 0. The van der Waals surface area contributed by atoms with Crippen LogP contribution in [0.3, 0.4) is 0 Å². The molecule has 5 heteroatoms. The lowest BCUT2D eigenvalue weighted by atomic mass is 9.92. The van der Waals surface area contributed by atoms with Crippen molar-refractivity contribution in [2.75, 3.05) is 6.54 Å². The lowest BCUT2D eigenvalue weighted by Crippen LogP contribution is -2.08. The molecular formula is C15H19N3O2. The fraction of sp³-hybridized carbons (Fsp3) is 0.400. The van der Waals surface area contributed by atoms with Crippen LogP contribution in [-0.4, -0.2) is 16.6 Å². The molecule has 0 spiro atoms. The van der Waals surface area contributed by atoms with Crippen molar-refractivity contribution in [2.24, 2.45) is 10.2 Å². The minimum atomic E-state index is -0.419. The highest BCUT2D eigenvalue weighted by atomic mass is 16.3. The van der Waals surface area contributed by atoms with Gasteiger partial charge < -0.3 is 5.11 Å². The number of fused-ring (bicyclic) bond motifs is 1. The third-order valence-corrected chi connectivity index (χ3v) is 3.92. The number of aromatic hydroxyl groups is 1. The van der Waals surface area contributed by atoms with Gasteiger partial charge in [0.15, 0.2) is 11.6 Å². The van der Waals surface area contributed by atoms with Gasteiger partial charge in [0.05, 0.1) is 6.54 Å². The van der Waals surface area contributed by atoms with E-state index in [2.05, 4.69) is 15.2 Å². The molecule has 1 heterocycles. The van der Waals surface area contributed by atoms with Crippen molar-refractivity contribution in [1.29, 1.82) is 0 Å². The largest absolute Gasteiger partial charge is 0.494 e. The van der Waals surface area contributed by atoms with Crippen LogP contribution in [-0.2, 0) is 0 Å². The topological polar surface area (TPSA) is 77.8 Å². The molecule has 0 aliphatic heterocycles. The van der Waals surface area contributed by atoms with Crippen molar-refractivity contribution in [1.82, 2.24) is 4.98 Å². The van der Waals surface area contributed by atoms with Crippen LogP contribution in [0.1, 0.15) is 29.2 Å². The molecule has 0 bridgehead atoms. The number of aromatic nitrogens is 1. The van der Waals surface area contributed by atoms with Crippen molar-refractivity contribution in [3.8, 4) is 5.88 Å². The Morgan fingerprint density at radius 3 is 2.10 bits per heavy atom. The number of benzene rings is 1. The van der Waals surface area contributed by atoms with E-state index >= 15 is 0 Å². The number of aromatic amines is 1. The third kappa shape index (κ3) is 1.99. The zero-order valence-corrected chi connectivity index (χ0v) is 12.5. The molecule has 0 amide bonds. The summed E-state index contributed by atoms with van der Waals surface area (Å²) in [6.07, 6.45) is 0. The average molecular weight is 273 g/mol. The van der Waals surface area contributed by atoms with Crippen molar-refractivity contribution < 1.29 is 5.11 Å². The lowest BCUT2D eigenvalue weighted by Gasteiger charge is -2.15. The maximum Gasteiger partial charge on any atom is 0.279 e. The fourth-order valence-corrected chi connectivity index (χ4v) is 2.48. The van der Waals surface area contributed by atoms with E-state index in [1.54, 1.807) is 0 Å². The molecule has 0 unspecified atom stereocenters. The molecule has 0 radical (unpaired) electrons. The monoisotopic (exact) mass is 273 g/mol. The van der Waals surface area contributed by atoms with Crippen molar-refractivity contribution >= 4 is 16.5 Å². The minimum absolute atomic E-state index is 0.107. The van der Waals surface area contributed by atoms with E-state index in [1.807, 2.05) is 34.6 Å². The number of hydrogen-bond donors (Lipinski definition) is 2. The molecule has 2 rings (SSSR count). The maximum absolute atomic E-state index is 12.1. The molecule has 0 saturated heterocycles. The predicted molar refractivity (Wildman–Crippen MR) is 80.2 cm³/mol. The van der Waals surface area contributed by atoms with Crippen molar-refractivity contribution in [3.63, 3.8) is 0 Å². The molecule has 0 aliphatic rings. The van der Waals surface area contributed by atoms with Gasteiger partial charge in [0.1, 0.15) is 0 Å². The van der Waals surface area contributed by atoms with Crippen molar-refractivity contribution in [2.45, 2.75) is 34.6 Å². The Morgan fingerprint density at radius 2 is 1.55 bits per heavy atom. The van der Waals surface area contributed by atoms with Crippen LogP contribution in [0.25, 0.3) is 10.8 Å². The molecule has 106 valence electrons. The SMILES string of the molecule is CCN=Nc1c(=O)[nH]c(O)c2c(C)c(C)c(C)c(C)c12. The zero-order valence-electron chi connectivity index (χ0n) is 12.5. The van der Waals surface area contributed by atoms with Crippen molar-refractivity contribution in [3.05, 3.63) is 32.6 Å². The fourth-order valence-electron chi connectivity index (χ4n) is 2.48. The van der Waals surface area contributed by atoms with Gasteiger partial charge in [-0.2, -0.15) is 5.11 Å². The standard InChI is InChI=1S/C15H19N3O2/c1-6-16-18-13-11-9(4)7(2)8(3)10(5)12(11)14(19)17-15(13)20/h6H2,1-5H3,(H2,17,19,20). The Balaban J connectivity index is 3.09. The van der Waals surface area contributed by atoms with Gasteiger partial charge in [0.25, 0.3) is 5.56 Å². The van der Waals surface area contributed by atoms with Gasteiger partial charge in [-0.25, -0.2) is 0 Å². The Bertz CT molecular complexity index is 773. The number of nitrogens with zero attached hydrogens (tertiary/aromatic N) is 2. The summed E-state index contributed by atoms with van der Waals surface area (Å²) in [5.41, 5.74) is 3.96.